The number of carbonyl (C=O) groups is 1. The molecule has 0 aliphatic carbocycles. The summed E-state index contributed by atoms with van der Waals surface area (Å²) < 4.78 is 5.74. The van der Waals surface area contributed by atoms with E-state index in [0.717, 1.165) is 21.2 Å². The fraction of sp³-hybridized carbons (Fsp3) is 0.375. The molecular formula is C16H19N3O2S2. The summed E-state index contributed by atoms with van der Waals surface area (Å²) in [6.07, 6.45) is 3.64. The number of rotatable bonds is 3. The lowest BCUT2D eigenvalue weighted by atomic mass is 10.2. The molecule has 0 saturated carbocycles. The van der Waals surface area contributed by atoms with E-state index >= 15 is 0 Å². The van der Waals surface area contributed by atoms with Crippen LogP contribution < -0.4 is 5.32 Å². The van der Waals surface area contributed by atoms with E-state index in [2.05, 4.69) is 10.3 Å². The fourth-order valence-corrected chi connectivity index (χ4v) is 3.84. The van der Waals surface area contributed by atoms with Crippen molar-refractivity contribution in [3.8, 4) is 0 Å². The first-order chi connectivity index (χ1) is 11.2. The summed E-state index contributed by atoms with van der Waals surface area (Å²) in [5.41, 5.74) is 1.96. The van der Waals surface area contributed by atoms with Crippen LogP contribution >= 0.6 is 23.1 Å². The van der Waals surface area contributed by atoms with Crippen molar-refractivity contribution in [2.24, 2.45) is 0 Å². The molecular weight excluding hydrogens is 330 g/mol. The van der Waals surface area contributed by atoms with Crippen LogP contribution in [0.3, 0.4) is 0 Å². The van der Waals surface area contributed by atoms with Gasteiger partial charge in [0.1, 0.15) is 11.1 Å². The van der Waals surface area contributed by atoms with Crippen molar-refractivity contribution in [1.82, 2.24) is 9.88 Å². The van der Waals surface area contributed by atoms with Gasteiger partial charge in [-0.1, -0.05) is 12.1 Å². The quantitative estimate of drug-likeness (QED) is 0.857. The van der Waals surface area contributed by atoms with Crippen LogP contribution in [0.5, 0.6) is 0 Å². The second-order valence-corrected chi connectivity index (χ2v) is 7.03. The van der Waals surface area contributed by atoms with E-state index in [0.29, 0.717) is 19.7 Å². The molecule has 1 aromatic carbocycles. The number of anilines is 1. The summed E-state index contributed by atoms with van der Waals surface area (Å²) >= 11 is 3.19. The van der Waals surface area contributed by atoms with Crippen molar-refractivity contribution in [3.05, 3.63) is 40.3 Å². The number of morpholine rings is 1. The van der Waals surface area contributed by atoms with Gasteiger partial charge in [0, 0.05) is 23.0 Å². The predicted octanol–water partition coefficient (Wildman–Crippen LogP) is 3.78. The van der Waals surface area contributed by atoms with Gasteiger partial charge >= 0.3 is 6.03 Å². The van der Waals surface area contributed by atoms with Gasteiger partial charge in [-0.2, -0.15) is 0 Å². The number of benzene rings is 1. The molecule has 2 heterocycles. The number of amides is 2. The first-order valence-corrected chi connectivity index (χ1v) is 9.50. The number of urea groups is 1. The predicted molar refractivity (Wildman–Crippen MR) is 94.4 cm³/mol. The normalized spacial score (nSPS) is 18.0. The van der Waals surface area contributed by atoms with Gasteiger partial charge in [0.2, 0.25) is 0 Å². The minimum absolute atomic E-state index is 0.0838. The molecule has 1 N–H and O–H groups in total. The number of nitrogens with one attached hydrogen (secondary N) is 1. The standard InChI is InChI=1S/C16H19N3O2S2/c1-11-4-3-5-13(22-2)14(11)18-16(20)19-7-8-21-12(10-19)15-17-6-9-23-15/h3-6,9,12H,7-8,10H2,1-2H3,(H,18,20). The van der Waals surface area contributed by atoms with Gasteiger partial charge in [0.05, 0.1) is 18.8 Å². The Morgan fingerprint density at radius 3 is 3.13 bits per heavy atom. The highest BCUT2D eigenvalue weighted by molar-refractivity contribution is 7.98. The SMILES string of the molecule is CSc1cccc(C)c1NC(=O)N1CCOC(c2nccs2)C1. The minimum Gasteiger partial charge on any atom is -0.367 e. The van der Waals surface area contributed by atoms with Crippen LogP contribution in [0.2, 0.25) is 0 Å². The molecule has 23 heavy (non-hydrogen) atoms. The summed E-state index contributed by atoms with van der Waals surface area (Å²) in [6, 6.07) is 5.95. The summed E-state index contributed by atoms with van der Waals surface area (Å²) in [4.78, 5) is 19.8. The average molecular weight is 349 g/mol. The lowest BCUT2D eigenvalue weighted by molar-refractivity contribution is -0.0136. The van der Waals surface area contributed by atoms with E-state index in [1.807, 2.05) is 36.8 Å². The van der Waals surface area contributed by atoms with Crippen LogP contribution in [-0.2, 0) is 4.74 Å². The Kier molecular flexibility index (Phi) is 5.20. The molecule has 7 heteroatoms. The molecule has 1 atom stereocenters. The molecule has 1 saturated heterocycles. The van der Waals surface area contributed by atoms with Gasteiger partial charge in [-0.3, -0.25) is 0 Å². The van der Waals surface area contributed by atoms with Crippen LogP contribution in [0, 0.1) is 6.92 Å². The minimum atomic E-state index is -0.133. The number of aromatic nitrogens is 1. The number of para-hydroxylation sites is 1. The highest BCUT2D eigenvalue weighted by Crippen LogP contribution is 2.29. The van der Waals surface area contributed by atoms with E-state index in [1.165, 1.54) is 0 Å². The van der Waals surface area contributed by atoms with Gasteiger partial charge in [0.25, 0.3) is 0 Å². The Hall–Kier alpha value is -1.57. The second kappa shape index (κ2) is 7.33. The summed E-state index contributed by atoms with van der Waals surface area (Å²) in [7, 11) is 0. The van der Waals surface area contributed by atoms with E-state index in [1.54, 1.807) is 34.2 Å². The van der Waals surface area contributed by atoms with Crippen molar-refractivity contribution in [2.75, 3.05) is 31.3 Å². The smallest absolute Gasteiger partial charge is 0.322 e. The molecule has 0 radical (unpaired) electrons. The summed E-state index contributed by atoms with van der Waals surface area (Å²) in [5.74, 6) is 0. The molecule has 0 bridgehead atoms. The van der Waals surface area contributed by atoms with Gasteiger partial charge in [0.15, 0.2) is 0 Å². The number of carbonyl (C=O) groups excluding carboxylic acids is 1. The maximum absolute atomic E-state index is 12.6. The van der Waals surface area contributed by atoms with Gasteiger partial charge in [-0.15, -0.1) is 23.1 Å². The van der Waals surface area contributed by atoms with Crippen molar-refractivity contribution in [2.45, 2.75) is 17.9 Å². The lowest BCUT2D eigenvalue weighted by Crippen LogP contribution is -2.44. The van der Waals surface area contributed by atoms with E-state index in [9.17, 15) is 4.79 Å². The largest absolute Gasteiger partial charge is 0.367 e. The molecule has 1 aliphatic heterocycles. The maximum Gasteiger partial charge on any atom is 0.322 e. The Balaban J connectivity index is 1.71. The monoisotopic (exact) mass is 349 g/mol. The number of thiazole rings is 1. The second-order valence-electron chi connectivity index (χ2n) is 5.26. The number of hydrogen-bond acceptors (Lipinski definition) is 5. The van der Waals surface area contributed by atoms with Crippen molar-refractivity contribution >= 4 is 34.8 Å². The zero-order valence-corrected chi connectivity index (χ0v) is 14.7. The van der Waals surface area contributed by atoms with Crippen LogP contribution in [0.15, 0.2) is 34.7 Å². The zero-order valence-electron chi connectivity index (χ0n) is 13.1. The summed E-state index contributed by atoms with van der Waals surface area (Å²) in [6.45, 7) is 3.65. The first-order valence-electron chi connectivity index (χ1n) is 7.39. The van der Waals surface area contributed by atoms with Gasteiger partial charge < -0.3 is 15.0 Å². The fourth-order valence-electron chi connectivity index (χ4n) is 2.53. The Morgan fingerprint density at radius 2 is 2.39 bits per heavy atom. The van der Waals surface area contributed by atoms with Crippen molar-refractivity contribution in [3.63, 3.8) is 0 Å². The lowest BCUT2D eigenvalue weighted by Gasteiger charge is -2.32. The first kappa shape index (κ1) is 16.3. The topological polar surface area (TPSA) is 54.5 Å². The van der Waals surface area contributed by atoms with E-state index < -0.39 is 0 Å². The van der Waals surface area contributed by atoms with Crippen LogP contribution in [0.25, 0.3) is 0 Å². The Labute approximate surface area is 144 Å². The molecule has 0 spiro atoms. The van der Waals surface area contributed by atoms with E-state index in [4.69, 9.17) is 4.74 Å². The number of thioether (sulfide) groups is 1. The molecule has 1 aromatic heterocycles. The third-order valence-electron chi connectivity index (χ3n) is 3.77. The van der Waals surface area contributed by atoms with E-state index in [-0.39, 0.29) is 12.1 Å². The molecule has 5 nitrogen and oxygen atoms in total. The molecule has 2 amide bonds. The third kappa shape index (κ3) is 3.68. The Morgan fingerprint density at radius 1 is 1.52 bits per heavy atom. The molecule has 1 fully saturated rings. The number of ether oxygens (including phenoxy) is 1. The maximum atomic E-state index is 12.6. The molecule has 3 rings (SSSR count). The Bertz CT molecular complexity index is 676. The van der Waals surface area contributed by atoms with Crippen LogP contribution in [0.4, 0.5) is 10.5 Å². The third-order valence-corrected chi connectivity index (χ3v) is 5.41. The highest BCUT2D eigenvalue weighted by Gasteiger charge is 2.27. The number of nitrogens with zero attached hydrogens (tertiary/aromatic N) is 2. The zero-order chi connectivity index (χ0) is 16.2. The number of aryl methyl sites for hydroxylation is 1. The van der Waals surface area contributed by atoms with Gasteiger partial charge in [-0.05, 0) is 24.8 Å². The van der Waals surface area contributed by atoms with Crippen molar-refractivity contribution in [1.29, 1.82) is 0 Å². The molecule has 2 aromatic rings. The molecule has 1 unspecified atom stereocenters. The van der Waals surface area contributed by atoms with Crippen LogP contribution in [0.1, 0.15) is 16.7 Å². The van der Waals surface area contributed by atoms with Crippen molar-refractivity contribution < 1.29 is 9.53 Å². The molecule has 1 aliphatic rings. The summed E-state index contributed by atoms with van der Waals surface area (Å²) in [5, 5.41) is 5.90. The van der Waals surface area contributed by atoms with Gasteiger partial charge in [-0.25, -0.2) is 9.78 Å². The average Bonchev–Trinajstić information content (AvgIpc) is 3.11. The van der Waals surface area contributed by atoms with Crippen LogP contribution in [-0.4, -0.2) is 41.9 Å². The number of hydrogen-bond donors (Lipinski definition) is 1. The highest BCUT2D eigenvalue weighted by atomic mass is 32.2. The molecule has 122 valence electrons.